The number of hydrogen-bond donors (Lipinski definition) is 1. The molecule has 0 amide bonds. The van der Waals surface area contributed by atoms with E-state index in [2.05, 4.69) is 0 Å². The van der Waals surface area contributed by atoms with Crippen LogP contribution in [-0.4, -0.2) is 37.1 Å². The Kier molecular flexibility index (Phi) is 3.22. The maximum Gasteiger partial charge on any atom is 0.455 e. The van der Waals surface area contributed by atoms with E-state index >= 15 is 0 Å². The second-order valence-corrected chi connectivity index (χ2v) is 4.92. The summed E-state index contributed by atoms with van der Waals surface area (Å²) in [7, 11) is 2.44. The summed E-state index contributed by atoms with van der Waals surface area (Å²) >= 11 is 0. The van der Waals surface area contributed by atoms with Crippen LogP contribution in [0.15, 0.2) is 16.7 Å². The monoisotopic (exact) mass is 332 g/mol. The summed E-state index contributed by atoms with van der Waals surface area (Å²) in [6.07, 6.45) is -5.19. The molecular formula is C14H11F3O6. The Hall–Kier alpha value is -2.42. The molecule has 2 heterocycles. The van der Waals surface area contributed by atoms with Crippen molar-refractivity contribution >= 4 is 16.8 Å². The van der Waals surface area contributed by atoms with Gasteiger partial charge in [0.15, 0.2) is 17.1 Å². The lowest BCUT2D eigenvalue weighted by Gasteiger charge is -2.35. The molecule has 1 N–H and O–H groups in total. The highest BCUT2D eigenvalue weighted by atomic mass is 19.4. The Morgan fingerprint density at radius 1 is 1.26 bits per heavy atom. The Bertz CT molecular complexity index is 794. The number of carbonyl (C=O) groups excluding carboxylic acids is 1. The third-order valence-corrected chi connectivity index (χ3v) is 3.58. The minimum Gasteiger partial charge on any atom is -0.495 e. The summed E-state index contributed by atoms with van der Waals surface area (Å²) in [5, 5.41) is 10.1. The number of fused-ring (bicyclic) bond motifs is 2. The fourth-order valence-corrected chi connectivity index (χ4v) is 2.54. The van der Waals surface area contributed by atoms with Gasteiger partial charge in [0.1, 0.15) is 11.3 Å². The quantitative estimate of drug-likeness (QED) is 0.911. The van der Waals surface area contributed by atoms with E-state index in [4.69, 9.17) is 18.6 Å². The van der Waals surface area contributed by atoms with Crippen molar-refractivity contribution < 1.29 is 41.7 Å². The SMILES string of the molecule is COc1c2c(c(OC)c3occc13)O[C@](O)(C(F)(F)F)CC2=O. The molecule has 1 aromatic carbocycles. The zero-order chi connectivity index (χ0) is 17.0. The van der Waals surface area contributed by atoms with E-state index in [0.29, 0.717) is 5.39 Å². The van der Waals surface area contributed by atoms with Crippen molar-refractivity contribution in [1.82, 2.24) is 0 Å². The van der Waals surface area contributed by atoms with Crippen LogP contribution in [0.5, 0.6) is 17.2 Å². The number of rotatable bonds is 2. The molecule has 6 nitrogen and oxygen atoms in total. The molecule has 1 aliphatic heterocycles. The lowest BCUT2D eigenvalue weighted by atomic mass is 9.95. The van der Waals surface area contributed by atoms with Crippen LogP contribution in [0.3, 0.4) is 0 Å². The van der Waals surface area contributed by atoms with Crippen molar-refractivity contribution in [3.63, 3.8) is 0 Å². The predicted molar refractivity (Wildman–Crippen MR) is 69.9 cm³/mol. The van der Waals surface area contributed by atoms with Gasteiger partial charge in [0.25, 0.3) is 0 Å². The molecule has 1 aromatic heterocycles. The van der Waals surface area contributed by atoms with Crippen molar-refractivity contribution in [3.05, 3.63) is 17.9 Å². The largest absolute Gasteiger partial charge is 0.495 e. The Morgan fingerprint density at radius 2 is 1.91 bits per heavy atom. The smallest absolute Gasteiger partial charge is 0.455 e. The first kappa shape index (κ1) is 15.5. The van der Waals surface area contributed by atoms with E-state index in [0.717, 1.165) is 0 Å². The fraction of sp³-hybridized carbons (Fsp3) is 0.357. The molecular weight excluding hydrogens is 321 g/mol. The van der Waals surface area contributed by atoms with Gasteiger partial charge in [0.05, 0.1) is 32.3 Å². The van der Waals surface area contributed by atoms with Crippen molar-refractivity contribution in [2.45, 2.75) is 18.4 Å². The zero-order valence-electron chi connectivity index (χ0n) is 12.0. The number of aliphatic hydroxyl groups is 1. The number of halogens is 3. The second-order valence-electron chi connectivity index (χ2n) is 4.92. The number of alkyl halides is 3. The molecule has 3 rings (SSSR count). The standard InChI is InChI=1S/C14H11F3O6/c1-20-9-6-3-4-22-10(6)12(21-2)11-8(9)7(18)5-13(19,23-11)14(15,16)17/h3-4,19H,5H2,1-2H3/t13-/m0/s1. The predicted octanol–water partition coefficient (Wildman–Crippen LogP) is 2.67. The van der Waals surface area contributed by atoms with E-state index in [9.17, 15) is 23.1 Å². The summed E-state index contributed by atoms with van der Waals surface area (Å²) in [5.74, 6) is -5.42. The number of Topliss-reactive ketones (excluding diaryl/α,β-unsaturated/α-hetero) is 1. The normalized spacial score (nSPS) is 21.0. The molecule has 23 heavy (non-hydrogen) atoms. The highest BCUT2D eigenvalue weighted by Crippen LogP contribution is 2.52. The van der Waals surface area contributed by atoms with Crippen LogP contribution in [-0.2, 0) is 0 Å². The molecule has 0 saturated carbocycles. The molecule has 1 aliphatic rings. The molecule has 0 fully saturated rings. The maximum atomic E-state index is 13.0. The van der Waals surface area contributed by atoms with Gasteiger partial charge in [-0.25, -0.2) is 0 Å². The first-order valence-corrected chi connectivity index (χ1v) is 6.40. The van der Waals surface area contributed by atoms with Gasteiger partial charge >= 0.3 is 12.0 Å². The van der Waals surface area contributed by atoms with Crippen molar-refractivity contribution in [2.24, 2.45) is 0 Å². The van der Waals surface area contributed by atoms with E-state index in [1.807, 2.05) is 0 Å². The van der Waals surface area contributed by atoms with Gasteiger partial charge in [-0.2, -0.15) is 13.2 Å². The van der Waals surface area contributed by atoms with Crippen LogP contribution in [0, 0.1) is 0 Å². The van der Waals surface area contributed by atoms with E-state index < -0.39 is 29.9 Å². The molecule has 2 aromatic rings. The number of ketones is 1. The third kappa shape index (κ3) is 2.03. The molecule has 0 saturated heterocycles. The Balaban J connectivity index is 2.35. The number of furan rings is 1. The van der Waals surface area contributed by atoms with Crippen molar-refractivity contribution in [3.8, 4) is 17.2 Å². The molecule has 0 radical (unpaired) electrons. The highest BCUT2D eigenvalue weighted by Gasteiger charge is 2.61. The topological polar surface area (TPSA) is 78.1 Å². The molecule has 124 valence electrons. The van der Waals surface area contributed by atoms with Crippen molar-refractivity contribution in [2.75, 3.05) is 14.2 Å². The van der Waals surface area contributed by atoms with Crippen LogP contribution in [0.1, 0.15) is 16.8 Å². The van der Waals surface area contributed by atoms with Crippen LogP contribution in [0.25, 0.3) is 11.0 Å². The van der Waals surface area contributed by atoms with Gasteiger partial charge in [0, 0.05) is 0 Å². The minimum atomic E-state index is -5.17. The first-order valence-electron chi connectivity index (χ1n) is 6.40. The molecule has 9 heteroatoms. The second kappa shape index (κ2) is 4.79. The number of methoxy groups -OCH3 is 2. The van der Waals surface area contributed by atoms with Gasteiger partial charge in [-0.05, 0) is 6.07 Å². The molecule has 1 atom stereocenters. The van der Waals surface area contributed by atoms with E-state index in [1.165, 1.54) is 26.5 Å². The summed E-state index contributed by atoms with van der Waals surface area (Å²) in [6.45, 7) is 0. The average Bonchev–Trinajstić information content (AvgIpc) is 2.92. The maximum absolute atomic E-state index is 13.0. The van der Waals surface area contributed by atoms with Crippen LogP contribution in [0.2, 0.25) is 0 Å². The van der Waals surface area contributed by atoms with Gasteiger partial charge in [-0.3, -0.25) is 4.79 Å². The van der Waals surface area contributed by atoms with Crippen LogP contribution < -0.4 is 14.2 Å². The minimum absolute atomic E-state index is 0.00113. The van der Waals surface area contributed by atoms with Crippen LogP contribution >= 0.6 is 0 Å². The van der Waals surface area contributed by atoms with Gasteiger partial charge < -0.3 is 23.7 Å². The summed E-state index contributed by atoms with van der Waals surface area (Å²) in [4.78, 5) is 12.3. The molecule has 0 unspecified atom stereocenters. The third-order valence-electron chi connectivity index (χ3n) is 3.58. The van der Waals surface area contributed by atoms with E-state index in [-0.39, 0.29) is 22.6 Å². The summed E-state index contributed by atoms with van der Waals surface area (Å²) < 4.78 is 59.2. The zero-order valence-corrected chi connectivity index (χ0v) is 12.0. The summed E-state index contributed by atoms with van der Waals surface area (Å²) in [6, 6.07) is 1.48. The van der Waals surface area contributed by atoms with E-state index in [1.54, 1.807) is 0 Å². The first-order chi connectivity index (χ1) is 10.7. The number of carbonyl (C=O) groups is 1. The summed E-state index contributed by atoms with van der Waals surface area (Å²) in [5.41, 5.74) is -0.186. The average molecular weight is 332 g/mol. The molecule has 0 bridgehead atoms. The van der Waals surface area contributed by atoms with Crippen LogP contribution in [0.4, 0.5) is 13.2 Å². The highest BCUT2D eigenvalue weighted by molar-refractivity contribution is 6.10. The Morgan fingerprint density at radius 3 is 2.48 bits per heavy atom. The molecule has 0 aliphatic carbocycles. The Labute approximate surface area is 127 Å². The number of hydrogen-bond acceptors (Lipinski definition) is 6. The number of ether oxygens (including phenoxy) is 3. The lowest BCUT2D eigenvalue weighted by molar-refractivity contribution is -0.334. The van der Waals surface area contributed by atoms with Gasteiger partial charge in [-0.1, -0.05) is 0 Å². The fourth-order valence-electron chi connectivity index (χ4n) is 2.54. The lowest BCUT2D eigenvalue weighted by Crippen LogP contribution is -2.54. The van der Waals surface area contributed by atoms with Gasteiger partial charge in [0.2, 0.25) is 5.75 Å². The molecule has 0 spiro atoms. The number of benzene rings is 1. The van der Waals surface area contributed by atoms with Crippen molar-refractivity contribution in [1.29, 1.82) is 0 Å². The van der Waals surface area contributed by atoms with Gasteiger partial charge in [-0.15, -0.1) is 0 Å².